The van der Waals surface area contributed by atoms with E-state index in [0.29, 0.717) is 22.0 Å². The number of halogens is 1. The summed E-state index contributed by atoms with van der Waals surface area (Å²) in [6.07, 6.45) is 1.72. The Morgan fingerprint density at radius 1 is 0.900 bits per heavy atom. The van der Waals surface area contributed by atoms with Crippen LogP contribution in [0.1, 0.15) is 22.8 Å². The fraction of sp³-hybridized carbons (Fsp3) is 0.0417. The molecule has 1 amide bonds. The van der Waals surface area contributed by atoms with Gasteiger partial charge in [0.25, 0.3) is 5.91 Å². The van der Waals surface area contributed by atoms with Gasteiger partial charge in [-0.05, 0) is 25.1 Å². The number of carbonyl (C=O) groups is 1. The van der Waals surface area contributed by atoms with Crippen molar-refractivity contribution in [1.82, 2.24) is 15.2 Å². The summed E-state index contributed by atoms with van der Waals surface area (Å²) in [5.74, 6) is -0.345. The number of carbonyl (C=O) groups excluding carboxylic acids is 1. The Morgan fingerprint density at radius 3 is 2.23 bits per heavy atom. The van der Waals surface area contributed by atoms with Crippen LogP contribution in [0.2, 0.25) is 5.02 Å². The van der Waals surface area contributed by atoms with Crippen molar-refractivity contribution in [2.45, 2.75) is 6.92 Å². The molecule has 0 aliphatic heterocycles. The van der Waals surface area contributed by atoms with Crippen LogP contribution in [0, 0.1) is 0 Å². The van der Waals surface area contributed by atoms with E-state index in [-0.39, 0.29) is 5.91 Å². The lowest BCUT2D eigenvalue weighted by Crippen LogP contribution is -2.19. The van der Waals surface area contributed by atoms with Gasteiger partial charge in [0.15, 0.2) is 0 Å². The number of rotatable bonds is 5. The van der Waals surface area contributed by atoms with E-state index in [1.807, 2.05) is 78.9 Å². The molecule has 4 rings (SSSR count). The summed E-state index contributed by atoms with van der Waals surface area (Å²) in [6.45, 7) is 1.80. The zero-order valence-corrected chi connectivity index (χ0v) is 17.0. The molecular formula is C24H19ClN4O. The third-order valence-electron chi connectivity index (χ3n) is 4.62. The zero-order valence-electron chi connectivity index (χ0n) is 16.3. The topological polar surface area (TPSA) is 59.3 Å². The molecule has 0 aliphatic carbocycles. The van der Waals surface area contributed by atoms with Crippen LogP contribution in [0.15, 0.2) is 96.2 Å². The molecule has 0 unspecified atom stereocenters. The Hall–Kier alpha value is -3.70. The molecule has 0 aliphatic rings. The maximum Gasteiger partial charge on any atom is 0.275 e. The second-order valence-electron chi connectivity index (χ2n) is 6.66. The van der Waals surface area contributed by atoms with Gasteiger partial charge in [-0.25, -0.2) is 10.1 Å². The Labute approximate surface area is 179 Å². The number of hydrogen-bond acceptors (Lipinski definition) is 3. The second-order valence-corrected chi connectivity index (χ2v) is 7.06. The summed E-state index contributed by atoms with van der Waals surface area (Å²) < 4.78 is 1.70. The first-order chi connectivity index (χ1) is 14.6. The van der Waals surface area contributed by atoms with Gasteiger partial charge in [0.1, 0.15) is 5.69 Å². The summed E-state index contributed by atoms with van der Waals surface area (Å²) in [5.41, 5.74) is 6.75. The van der Waals surface area contributed by atoms with Crippen molar-refractivity contribution in [3.05, 3.63) is 107 Å². The first kappa shape index (κ1) is 19.6. The summed E-state index contributed by atoms with van der Waals surface area (Å²) in [5, 5.41) is 9.48. The van der Waals surface area contributed by atoms with E-state index in [0.717, 1.165) is 16.8 Å². The maximum atomic E-state index is 13.0. The van der Waals surface area contributed by atoms with Gasteiger partial charge in [-0.3, -0.25) is 4.79 Å². The van der Waals surface area contributed by atoms with Crippen LogP contribution >= 0.6 is 11.6 Å². The normalized spacial score (nSPS) is 11.3. The maximum absolute atomic E-state index is 13.0. The van der Waals surface area contributed by atoms with Gasteiger partial charge in [0, 0.05) is 22.3 Å². The lowest BCUT2D eigenvalue weighted by Gasteiger charge is -2.05. The van der Waals surface area contributed by atoms with Gasteiger partial charge in [-0.2, -0.15) is 10.2 Å². The third-order valence-corrected chi connectivity index (χ3v) is 4.95. The molecule has 1 heterocycles. The van der Waals surface area contributed by atoms with Crippen molar-refractivity contribution in [1.29, 1.82) is 0 Å². The molecule has 4 aromatic rings. The lowest BCUT2D eigenvalue weighted by molar-refractivity contribution is 0.0955. The average Bonchev–Trinajstić information content (AvgIpc) is 3.24. The van der Waals surface area contributed by atoms with E-state index >= 15 is 0 Å². The van der Waals surface area contributed by atoms with E-state index in [1.165, 1.54) is 0 Å². The minimum Gasteiger partial charge on any atom is -0.267 e. The van der Waals surface area contributed by atoms with Gasteiger partial charge in [0.2, 0.25) is 0 Å². The number of benzene rings is 3. The quantitative estimate of drug-likeness (QED) is 0.353. The van der Waals surface area contributed by atoms with Crippen LogP contribution in [0.25, 0.3) is 16.9 Å². The van der Waals surface area contributed by atoms with Crippen molar-refractivity contribution in [3.8, 4) is 16.9 Å². The number of para-hydroxylation sites is 1. The summed E-state index contributed by atoms with van der Waals surface area (Å²) in [6, 6.07) is 26.6. The van der Waals surface area contributed by atoms with Crippen LogP contribution < -0.4 is 5.43 Å². The standard InChI is InChI=1S/C24H19ClN4O/c1-17(20-14-8-9-15-22(20)25)26-27-24(30)21-16-29(19-12-6-3-7-13-19)28-23(21)18-10-4-2-5-11-18/h2-16H,1H3,(H,27,30)/b26-17-. The molecular weight excluding hydrogens is 396 g/mol. The van der Waals surface area contributed by atoms with E-state index in [4.69, 9.17) is 11.6 Å². The van der Waals surface area contributed by atoms with Gasteiger partial charge >= 0.3 is 0 Å². The number of hydrogen-bond donors (Lipinski definition) is 1. The number of nitrogens with one attached hydrogen (secondary N) is 1. The molecule has 0 saturated heterocycles. The molecule has 148 valence electrons. The highest BCUT2D eigenvalue weighted by atomic mass is 35.5. The smallest absolute Gasteiger partial charge is 0.267 e. The molecule has 30 heavy (non-hydrogen) atoms. The Kier molecular flexibility index (Phi) is 5.72. The Balaban J connectivity index is 1.68. The molecule has 0 atom stereocenters. The van der Waals surface area contributed by atoms with Crippen molar-refractivity contribution in [3.63, 3.8) is 0 Å². The van der Waals surface area contributed by atoms with E-state index in [1.54, 1.807) is 23.9 Å². The van der Waals surface area contributed by atoms with Crippen LogP contribution in [0.3, 0.4) is 0 Å². The molecule has 0 fully saturated rings. The molecule has 1 N–H and O–H groups in total. The fourth-order valence-electron chi connectivity index (χ4n) is 3.07. The number of aromatic nitrogens is 2. The minimum atomic E-state index is -0.345. The summed E-state index contributed by atoms with van der Waals surface area (Å²) in [4.78, 5) is 13.0. The summed E-state index contributed by atoms with van der Waals surface area (Å²) >= 11 is 6.22. The van der Waals surface area contributed by atoms with Crippen molar-refractivity contribution < 1.29 is 4.79 Å². The highest BCUT2D eigenvalue weighted by Crippen LogP contribution is 2.24. The first-order valence-corrected chi connectivity index (χ1v) is 9.81. The number of hydrazone groups is 1. The summed E-state index contributed by atoms with van der Waals surface area (Å²) in [7, 11) is 0. The zero-order chi connectivity index (χ0) is 20.9. The van der Waals surface area contributed by atoms with Crippen molar-refractivity contribution >= 4 is 23.2 Å². The predicted octanol–water partition coefficient (Wildman–Crippen LogP) is 5.35. The highest BCUT2D eigenvalue weighted by Gasteiger charge is 2.18. The second kappa shape index (κ2) is 8.76. The van der Waals surface area contributed by atoms with E-state index in [9.17, 15) is 4.79 Å². The van der Waals surface area contributed by atoms with E-state index in [2.05, 4.69) is 15.6 Å². The molecule has 1 aromatic heterocycles. The van der Waals surface area contributed by atoms with Gasteiger partial charge in [0.05, 0.1) is 17.0 Å². The van der Waals surface area contributed by atoms with Gasteiger partial charge in [-0.1, -0.05) is 78.3 Å². The molecule has 0 bridgehead atoms. The third kappa shape index (κ3) is 4.16. The monoisotopic (exact) mass is 414 g/mol. The number of nitrogens with zero attached hydrogens (tertiary/aromatic N) is 3. The minimum absolute atomic E-state index is 0.345. The average molecular weight is 415 g/mol. The van der Waals surface area contributed by atoms with Gasteiger partial charge < -0.3 is 0 Å². The first-order valence-electron chi connectivity index (χ1n) is 9.43. The van der Waals surface area contributed by atoms with Crippen LogP contribution in [0.5, 0.6) is 0 Å². The van der Waals surface area contributed by atoms with E-state index < -0.39 is 0 Å². The van der Waals surface area contributed by atoms with Crippen LogP contribution in [0.4, 0.5) is 0 Å². The van der Waals surface area contributed by atoms with Crippen molar-refractivity contribution in [2.75, 3.05) is 0 Å². The van der Waals surface area contributed by atoms with Gasteiger partial charge in [-0.15, -0.1) is 0 Å². The fourth-order valence-corrected chi connectivity index (χ4v) is 3.34. The largest absolute Gasteiger partial charge is 0.275 e. The van der Waals surface area contributed by atoms with Crippen LogP contribution in [-0.2, 0) is 0 Å². The Bertz CT molecular complexity index is 1200. The molecule has 3 aromatic carbocycles. The molecule has 5 nitrogen and oxygen atoms in total. The molecule has 0 saturated carbocycles. The van der Waals surface area contributed by atoms with Crippen LogP contribution in [-0.4, -0.2) is 21.4 Å². The lowest BCUT2D eigenvalue weighted by atomic mass is 10.1. The highest BCUT2D eigenvalue weighted by molar-refractivity contribution is 6.34. The predicted molar refractivity (Wildman–Crippen MR) is 120 cm³/mol. The number of amides is 1. The molecule has 6 heteroatoms. The van der Waals surface area contributed by atoms with Crippen molar-refractivity contribution in [2.24, 2.45) is 5.10 Å². The molecule has 0 spiro atoms. The molecule has 0 radical (unpaired) electrons. The SMILES string of the molecule is C/C(=N/NC(=O)c1cn(-c2ccccc2)nc1-c1ccccc1)c1ccccc1Cl. The Morgan fingerprint density at radius 2 is 1.53 bits per heavy atom.